The molecular formula is C23H18N2O2. The van der Waals surface area contributed by atoms with E-state index in [-0.39, 0.29) is 0 Å². The average molecular weight is 354 g/mol. The van der Waals surface area contributed by atoms with Gasteiger partial charge in [0.15, 0.2) is 0 Å². The predicted octanol–water partition coefficient (Wildman–Crippen LogP) is 4.92. The number of nitrogens with one attached hydrogen (secondary N) is 1. The number of carbonyl (C=O) groups is 1. The molecule has 0 fully saturated rings. The van der Waals surface area contributed by atoms with Crippen LogP contribution >= 0.6 is 0 Å². The molecule has 4 nitrogen and oxygen atoms in total. The van der Waals surface area contributed by atoms with Crippen molar-refractivity contribution in [2.45, 2.75) is 6.42 Å². The van der Waals surface area contributed by atoms with Crippen molar-refractivity contribution in [2.75, 3.05) is 0 Å². The summed E-state index contributed by atoms with van der Waals surface area (Å²) in [4.78, 5) is 18.8. The van der Waals surface area contributed by atoms with Crippen molar-refractivity contribution in [3.63, 3.8) is 0 Å². The van der Waals surface area contributed by atoms with Gasteiger partial charge >= 0.3 is 5.97 Å². The summed E-state index contributed by atoms with van der Waals surface area (Å²) in [6.07, 6.45) is 3.39. The highest BCUT2D eigenvalue weighted by Gasteiger charge is 2.06. The number of hydrogen-bond donors (Lipinski definition) is 2. The maximum absolute atomic E-state index is 10.7. The molecule has 3 aromatic carbocycles. The van der Waals surface area contributed by atoms with Gasteiger partial charge in [0.05, 0.1) is 11.0 Å². The van der Waals surface area contributed by atoms with E-state index in [1.165, 1.54) is 5.56 Å². The van der Waals surface area contributed by atoms with Gasteiger partial charge in [-0.2, -0.15) is 0 Å². The highest BCUT2D eigenvalue weighted by atomic mass is 16.4. The molecule has 132 valence electrons. The number of benzene rings is 3. The molecule has 0 aliphatic heterocycles. The van der Waals surface area contributed by atoms with Crippen LogP contribution in [0.15, 0.2) is 78.9 Å². The minimum Gasteiger partial charge on any atom is -0.478 e. The van der Waals surface area contributed by atoms with E-state index < -0.39 is 5.97 Å². The fourth-order valence-corrected chi connectivity index (χ4v) is 3.12. The Balaban J connectivity index is 1.60. The lowest BCUT2D eigenvalue weighted by atomic mass is 10.1. The third kappa shape index (κ3) is 3.96. The molecule has 4 heteroatoms. The molecule has 4 rings (SSSR count). The van der Waals surface area contributed by atoms with Crippen LogP contribution < -0.4 is 0 Å². The monoisotopic (exact) mass is 354 g/mol. The van der Waals surface area contributed by atoms with E-state index in [0.29, 0.717) is 6.42 Å². The third-order valence-electron chi connectivity index (χ3n) is 4.38. The lowest BCUT2D eigenvalue weighted by Crippen LogP contribution is -1.91. The summed E-state index contributed by atoms with van der Waals surface area (Å²) in [5.74, 6) is -0.0681. The summed E-state index contributed by atoms with van der Waals surface area (Å²) in [7, 11) is 0. The number of carboxylic acid groups (broad SMARTS) is 1. The molecule has 0 atom stereocenters. The van der Waals surface area contributed by atoms with Crippen LogP contribution in [0.4, 0.5) is 0 Å². The van der Waals surface area contributed by atoms with E-state index in [1.807, 2.05) is 48.5 Å². The first-order chi connectivity index (χ1) is 13.2. The fourth-order valence-electron chi connectivity index (χ4n) is 3.12. The number of aromatic amines is 1. The first kappa shape index (κ1) is 16.8. The largest absolute Gasteiger partial charge is 0.478 e. The molecule has 0 bridgehead atoms. The molecule has 0 saturated carbocycles. The van der Waals surface area contributed by atoms with Gasteiger partial charge in [-0.1, -0.05) is 60.7 Å². The molecule has 0 radical (unpaired) electrons. The Morgan fingerprint density at radius 1 is 0.963 bits per heavy atom. The quantitative estimate of drug-likeness (QED) is 0.500. The number of aromatic nitrogens is 2. The number of carboxylic acids is 1. The molecule has 0 saturated heterocycles. The van der Waals surface area contributed by atoms with E-state index in [4.69, 9.17) is 5.11 Å². The van der Waals surface area contributed by atoms with Gasteiger partial charge in [-0.3, -0.25) is 0 Å². The van der Waals surface area contributed by atoms with Gasteiger partial charge < -0.3 is 10.1 Å². The number of rotatable bonds is 5. The zero-order chi connectivity index (χ0) is 18.6. The van der Waals surface area contributed by atoms with Crippen molar-refractivity contribution in [3.05, 3.63) is 95.8 Å². The topological polar surface area (TPSA) is 66.0 Å². The molecule has 0 unspecified atom stereocenters. The van der Waals surface area contributed by atoms with Crippen molar-refractivity contribution in [1.29, 1.82) is 0 Å². The number of hydrogen-bond acceptors (Lipinski definition) is 2. The van der Waals surface area contributed by atoms with Crippen molar-refractivity contribution in [1.82, 2.24) is 9.97 Å². The van der Waals surface area contributed by atoms with Crippen LogP contribution in [0.25, 0.3) is 28.2 Å². The standard InChI is InChI=1S/C23H18N2O2/c26-23(27)12-9-16-5-4-6-17(13-16)14-22-24-20-11-10-19(15-21(20)25-22)18-7-2-1-3-8-18/h1-13,15H,14H2,(H,24,25)(H,26,27)/b12-9+. The second kappa shape index (κ2) is 7.30. The van der Waals surface area contributed by atoms with Crippen molar-refractivity contribution >= 4 is 23.1 Å². The molecule has 0 spiro atoms. The Morgan fingerprint density at radius 2 is 1.81 bits per heavy atom. The number of H-pyrrole nitrogens is 1. The average Bonchev–Trinajstić information content (AvgIpc) is 3.08. The summed E-state index contributed by atoms with van der Waals surface area (Å²) < 4.78 is 0. The van der Waals surface area contributed by atoms with Gasteiger partial charge in [0.2, 0.25) is 0 Å². The van der Waals surface area contributed by atoms with E-state index in [2.05, 4.69) is 34.2 Å². The van der Waals surface area contributed by atoms with Gasteiger partial charge in [0.1, 0.15) is 5.82 Å². The smallest absolute Gasteiger partial charge is 0.328 e. The zero-order valence-corrected chi connectivity index (χ0v) is 14.6. The molecule has 0 aliphatic carbocycles. The normalized spacial score (nSPS) is 11.3. The van der Waals surface area contributed by atoms with Gasteiger partial charge in [0.25, 0.3) is 0 Å². The molecule has 1 heterocycles. The Morgan fingerprint density at radius 3 is 2.63 bits per heavy atom. The van der Waals surface area contributed by atoms with Crippen LogP contribution in [-0.2, 0) is 11.2 Å². The minimum atomic E-state index is -0.952. The molecule has 2 N–H and O–H groups in total. The lowest BCUT2D eigenvalue weighted by Gasteiger charge is -2.00. The van der Waals surface area contributed by atoms with E-state index >= 15 is 0 Å². The Kier molecular flexibility index (Phi) is 4.54. The highest BCUT2D eigenvalue weighted by molar-refractivity contribution is 5.85. The van der Waals surface area contributed by atoms with Crippen LogP contribution in [0.2, 0.25) is 0 Å². The van der Waals surface area contributed by atoms with E-state index in [0.717, 1.165) is 39.6 Å². The molecule has 4 aromatic rings. The van der Waals surface area contributed by atoms with Crippen molar-refractivity contribution in [3.8, 4) is 11.1 Å². The second-order valence-corrected chi connectivity index (χ2v) is 6.37. The third-order valence-corrected chi connectivity index (χ3v) is 4.38. The Labute approximate surface area is 156 Å². The van der Waals surface area contributed by atoms with E-state index in [1.54, 1.807) is 6.08 Å². The van der Waals surface area contributed by atoms with Crippen molar-refractivity contribution in [2.24, 2.45) is 0 Å². The number of aliphatic carboxylic acids is 1. The lowest BCUT2D eigenvalue weighted by molar-refractivity contribution is -0.131. The molecule has 27 heavy (non-hydrogen) atoms. The predicted molar refractivity (Wildman–Crippen MR) is 107 cm³/mol. The molecule has 1 aromatic heterocycles. The maximum Gasteiger partial charge on any atom is 0.328 e. The first-order valence-corrected chi connectivity index (χ1v) is 8.71. The molecular weight excluding hydrogens is 336 g/mol. The van der Waals surface area contributed by atoms with Crippen LogP contribution in [0.1, 0.15) is 17.0 Å². The van der Waals surface area contributed by atoms with Crippen LogP contribution in [-0.4, -0.2) is 21.0 Å². The minimum absolute atomic E-state index is 0.657. The van der Waals surface area contributed by atoms with Crippen LogP contribution in [0, 0.1) is 0 Å². The zero-order valence-electron chi connectivity index (χ0n) is 14.6. The maximum atomic E-state index is 10.7. The Hall–Kier alpha value is -3.66. The van der Waals surface area contributed by atoms with Gasteiger partial charge in [-0.05, 0) is 40.5 Å². The number of nitrogens with zero attached hydrogens (tertiary/aromatic N) is 1. The summed E-state index contributed by atoms with van der Waals surface area (Å²) in [6, 6.07) is 24.3. The first-order valence-electron chi connectivity index (χ1n) is 8.71. The summed E-state index contributed by atoms with van der Waals surface area (Å²) in [6.45, 7) is 0. The number of imidazole rings is 1. The van der Waals surface area contributed by atoms with Gasteiger partial charge in [-0.25, -0.2) is 9.78 Å². The SMILES string of the molecule is O=C(O)/C=C/c1cccc(Cc2nc3ccc(-c4ccccc4)cc3[nH]2)c1. The second-order valence-electron chi connectivity index (χ2n) is 6.37. The number of fused-ring (bicyclic) bond motifs is 1. The summed E-state index contributed by atoms with van der Waals surface area (Å²) in [5, 5.41) is 8.76. The molecule has 0 aliphatic rings. The highest BCUT2D eigenvalue weighted by Crippen LogP contribution is 2.23. The van der Waals surface area contributed by atoms with E-state index in [9.17, 15) is 4.79 Å². The molecule has 0 amide bonds. The summed E-state index contributed by atoms with van der Waals surface area (Å²) >= 11 is 0. The van der Waals surface area contributed by atoms with Crippen LogP contribution in [0.5, 0.6) is 0 Å². The van der Waals surface area contributed by atoms with Crippen molar-refractivity contribution < 1.29 is 9.90 Å². The summed E-state index contributed by atoms with van der Waals surface area (Å²) in [5.41, 5.74) is 6.20. The fraction of sp³-hybridized carbons (Fsp3) is 0.0435. The van der Waals surface area contributed by atoms with Gasteiger partial charge in [-0.15, -0.1) is 0 Å². The van der Waals surface area contributed by atoms with Crippen LogP contribution in [0.3, 0.4) is 0 Å². The Bertz CT molecular complexity index is 1130. The van der Waals surface area contributed by atoms with Gasteiger partial charge in [0, 0.05) is 12.5 Å².